The average Bonchev–Trinajstić information content (AvgIpc) is 2.52. The van der Waals surface area contributed by atoms with Crippen LogP contribution < -0.4 is 5.73 Å². The summed E-state index contributed by atoms with van der Waals surface area (Å²) in [5.74, 6) is -1.04. The maximum Gasteiger partial charge on any atom is 0.312 e. The van der Waals surface area contributed by atoms with E-state index in [1.807, 2.05) is 0 Å². The number of piperidine rings is 1. The molecule has 1 aliphatic heterocycles. The summed E-state index contributed by atoms with van der Waals surface area (Å²) in [6.07, 6.45) is 2.92. The normalized spacial score (nSPS) is 21.5. The SMILES string of the molecule is CC1CCC(c2ccc(CCN(C)C)cc2)N(C(=O)C(N)=O)C1. The van der Waals surface area contributed by atoms with Gasteiger partial charge in [0.05, 0.1) is 6.04 Å². The van der Waals surface area contributed by atoms with Crippen molar-refractivity contribution in [1.29, 1.82) is 0 Å². The molecule has 0 saturated carbocycles. The highest BCUT2D eigenvalue weighted by Gasteiger charge is 2.33. The van der Waals surface area contributed by atoms with Crippen molar-refractivity contribution < 1.29 is 9.59 Å². The van der Waals surface area contributed by atoms with Gasteiger partial charge in [-0.1, -0.05) is 31.2 Å². The molecule has 0 bridgehead atoms. The van der Waals surface area contributed by atoms with Gasteiger partial charge in [-0.3, -0.25) is 9.59 Å². The Hall–Kier alpha value is -1.88. The Balaban J connectivity index is 2.14. The van der Waals surface area contributed by atoms with Crippen molar-refractivity contribution in [2.24, 2.45) is 11.7 Å². The van der Waals surface area contributed by atoms with E-state index >= 15 is 0 Å². The van der Waals surface area contributed by atoms with Crippen molar-refractivity contribution in [2.45, 2.75) is 32.2 Å². The van der Waals surface area contributed by atoms with E-state index in [-0.39, 0.29) is 6.04 Å². The van der Waals surface area contributed by atoms with Crippen LogP contribution in [0.3, 0.4) is 0 Å². The Kier molecular flexibility index (Phi) is 5.77. The molecule has 2 N–H and O–H groups in total. The van der Waals surface area contributed by atoms with Crippen LogP contribution in [-0.2, 0) is 16.0 Å². The van der Waals surface area contributed by atoms with Crippen LogP contribution in [0, 0.1) is 5.92 Å². The fraction of sp³-hybridized carbons (Fsp3) is 0.556. The average molecular weight is 317 g/mol. The lowest BCUT2D eigenvalue weighted by atomic mass is 9.89. The van der Waals surface area contributed by atoms with Gasteiger partial charge in [-0.25, -0.2) is 0 Å². The Labute approximate surface area is 138 Å². The predicted molar refractivity (Wildman–Crippen MR) is 90.7 cm³/mol. The number of benzene rings is 1. The predicted octanol–water partition coefficient (Wildman–Crippen LogP) is 1.58. The third-order valence-corrected chi connectivity index (χ3v) is 4.50. The lowest BCUT2D eigenvalue weighted by Gasteiger charge is -2.38. The molecule has 0 aromatic heterocycles. The fourth-order valence-corrected chi connectivity index (χ4v) is 3.12. The van der Waals surface area contributed by atoms with Crippen molar-refractivity contribution in [2.75, 3.05) is 27.2 Å². The van der Waals surface area contributed by atoms with Crippen molar-refractivity contribution in [3.63, 3.8) is 0 Å². The van der Waals surface area contributed by atoms with Crippen molar-refractivity contribution in [3.05, 3.63) is 35.4 Å². The molecule has 2 atom stereocenters. The molecule has 0 radical (unpaired) electrons. The molecule has 23 heavy (non-hydrogen) atoms. The number of likely N-dealkylation sites (tertiary alicyclic amines) is 1. The van der Waals surface area contributed by atoms with E-state index in [1.54, 1.807) is 4.90 Å². The summed E-state index contributed by atoms with van der Waals surface area (Å²) >= 11 is 0. The molecule has 2 amide bonds. The van der Waals surface area contributed by atoms with Crippen LogP contribution in [0.1, 0.15) is 36.9 Å². The van der Waals surface area contributed by atoms with Gasteiger partial charge in [0.2, 0.25) is 0 Å². The zero-order valence-corrected chi connectivity index (χ0v) is 14.3. The van der Waals surface area contributed by atoms with Gasteiger partial charge in [0.25, 0.3) is 0 Å². The summed E-state index contributed by atoms with van der Waals surface area (Å²) in [5, 5.41) is 0. The molecular weight excluding hydrogens is 290 g/mol. The molecule has 1 saturated heterocycles. The Morgan fingerprint density at radius 3 is 2.43 bits per heavy atom. The van der Waals surface area contributed by atoms with E-state index in [2.05, 4.69) is 50.2 Å². The molecule has 1 aliphatic rings. The zero-order valence-electron chi connectivity index (χ0n) is 14.3. The first-order valence-electron chi connectivity index (χ1n) is 8.22. The maximum atomic E-state index is 12.1. The molecule has 5 nitrogen and oxygen atoms in total. The van der Waals surface area contributed by atoms with E-state index < -0.39 is 11.8 Å². The smallest absolute Gasteiger partial charge is 0.312 e. The second kappa shape index (κ2) is 7.59. The van der Waals surface area contributed by atoms with Gasteiger partial charge in [-0.05, 0) is 50.4 Å². The maximum absolute atomic E-state index is 12.1. The van der Waals surface area contributed by atoms with Gasteiger partial charge in [0, 0.05) is 13.1 Å². The van der Waals surface area contributed by atoms with Gasteiger partial charge in [0.1, 0.15) is 0 Å². The van der Waals surface area contributed by atoms with Crippen molar-refractivity contribution in [1.82, 2.24) is 9.80 Å². The minimum atomic E-state index is -0.869. The van der Waals surface area contributed by atoms with Crippen LogP contribution in [0.25, 0.3) is 0 Å². The highest BCUT2D eigenvalue weighted by molar-refractivity contribution is 6.34. The highest BCUT2D eigenvalue weighted by atomic mass is 16.2. The minimum absolute atomic E-state index is 0.0471. The summed E-state index contributed by atoms with van der Waals surface area (Å²) in [6, 6.07) is 8.34. The van der Waals surface area contributed by atoms with Crippen LogP contribution in [-0.4, -0.2) is 48.8 Å². The Bertz CT molecular complexity index is 554. The largest absolute Gasteiger partial charge is 0.361 e. The molecule has 0 spiro atoms. The molecule has 1 fully saturated rings. The number of amides is 2. The monoisotopic (exact) mass is 317 g/mol. The molecule has 1 aromatic rings. The molecule has 1 heterocycles. The van der Waals surface area contributed by atoms with E-state index in [9.17, 15) is 9.59 Å². The Morgan fingerprint density at radius 2 is 1.87 bits per heavy atom. The first-order chi connectivity index (χ1) is 10.9. The van der Waals surface area contributed by atoms with Crippen LogP contribution in [0.4, 0.5) is 0 Å². The Morgan fingerprint density at radius 1 is 1.22 bits per heavy atom. The minimum Gasteiger partial charge on any atom is -0.361 e. The number of likely N-dealkylation sites (N-methyl/N-ethyl adjacent to an activating group) is 1. The first kappa shape index (κ1) is 17.5. The number of nitrogens with two attached hydrogens (primary N) is 1. The quantitative estimate of drug-likeness (QED) is 0.857. The number of carbonyl (C=O) groups is 2. The van der Waals surface area contributed by atoms with E-state index in [4.69, 9.17) is 5.73 Å². The van der Waals surface area contributed by atoms with E-state index in [0.29, 0.717) is 12.5 Å². The molecule has 5 heteroatoms. The summed E-state index contributed by atoms with van der Waals surface area (Å²) in [7, 11) is 4.12. The van der Waals surface area contributed by atoms with Gasteiger partial charge < -0.3 is 15.5 Å². The number of rotatable bonds is 4. The van der Waals surface area contributed by atoms with Gasteiger partial charge in [-0.2, -0.15) is 0 Å². The molecule has 2 unspecified atom stereocenters. The van der Waals surface area contributed by atoms with Gasteiger partial charge in [0.15, 0.2) is 0 Å². The van der Waals surface area contributed by atoms with E-state index in [1.165, 1.54) is 5.56 Å². The molecular formula is C18H27N3O2. The number of nitrogens with zero attached hydrogens (tertiary/aromatic N) is 2. The van der Waals surface area contributed by atoms with Crippen LogP contribution in [0.2, 0.25) is 0 Å². The topological polar surface area (TPSA) is 66.6 Å². The van der Waals surface area contributed by atoms with Crippen molar-refractivity contribution in [3.8, 4) is 0 Å². The summed E-state index contributed by atoms with van der Waals surface area (Å²) < 4.78 is 0. The second-order valence-electron chi connectivity index (χ2n) is 6.81. The summed E-state index contributed by atoms with van der Waals surface area (Å²) in [4.78, 5) is 27.2. The van der Waals surface area contributed by atoms with Gasteiger partial charge in [-0.15, -0.1) is 0 Å². The van der Waals surface area contributed by atoms with Crippen LogP contribution >= 0.6 is 0 Å². The summed E-state index contributed by atoms with van der Waals surface area (Å²) in [5.41, 5.74) is 7.57. The highest BCUT2D eigenvalue weighted by Crippen LogP contribution is 2.33. The molecule has 0 aliphatic carbocycles. The molecule has 1 aromatic carbocycles. The number of hydrogen-bond acceptors (Lipinski definition) is 3. The standard InChI is InChI=1S/C18H27N3O2/c1-13-4-9-16(21(12-13)18(23)17(19)22)15-7-5-14(6-8-15)10-11-20(2)3/h5-8,13,16H,4,9-12H2,1-3H3,(H2,19,22). The number of primary amides is 1. The lowest BCUT2D eigenvalue weighted by molar-refractivity contribution is -0.147. The van der Waals surface area contributed by atoms with Crippen LogP contribution in [0.5, 0.6) is 0 Å². The van der Waals surface area contributed by atoms with Gasteiger partial charge >= 0.3 is 11.8 Å². The van der Waals surface area contributed by atoms with E-state index in [0.717, 1.165) is 31.4 Å². The third-order valence-electron chi connectivity index (χ3n) is 4.50. The first-order valence-corrected chi connectivity index (χ1v) is 8.22. The third kappa shape index (κ3) is 4.55. The summed E-state index contributed by atoms with van der Waals surface area (Å²) in [6.45, 7) is 3.70. The zero-order chi connectivity index (χ0) is 17.0. The lowest BCUT2D eigenvalue weighted by Crippen LogP contribution is -2.46. The van der Waals surface area contributed by atoms with Crippen LogP contribution in [0.15, 0.2) is 24.3 Å². The fourth-order valence-electron chi connectivity index (χ4n) is 3.12. The molecule has 126 valence electrons. The number of hydrogen-bond donors (Lipinski definition) is 1. The molecule has 2 rings (SSSR count). The second-order valence-corrected chi connectivity index (χ2v) is 6.81. The number of carbonyl (C=O) groups excluding carboxylic acids is 2. The van der Waals surface area contributed by atoms with Crippen molar-refractivity contribution >= 4 is 11.8 Å².